The first-order valence-corrected chi connectivity index (χ1v) is 8.07. The van der Waals surface area contributed by atoms with Crippen LogP contribution in [-0.4, -0.2) is 35.0 Å². The van der Waals surface area contributed by atoms with Crippen molar-refractivity contribution in [2.24, 2.45) is 0 Å². The quantitative estimate of drug-likeness (QED) is 0.935. The molecule has 114 valence electrons. The van der Waals surface area contributed by atoms with E-state index in [4.69, 9.17) is 0 Å². The molecule has 0 fully saturated rings. The molecular weight excluding hydrogens is 288 g/mol. The highest BCUT2D eigenvalue weighted by atomic mass is 32.2. The molecule has 6 nitrogen and oxygen atoms in total. The van der Waals surface area contributed by atoms with Gasteiger partial charge >= 0.3 is 0 Å². The zero-order valence-electron chi connectivity index (χ0n) is 12.9. The molecule has 0 atom stereocenters. The Hall–Kier alpha value is -1.73. The maximum Gasteiger partial charge on any atom is 0.243 e. The monoisotopic (exact) mass is 308 g/mol. The third-order valence-electron chi connectivity index (χ3n) is 3.80. The number of aromatic nitrogens is 3. The SMILES string of the molecule is Cc1cc(C)c(C)c(S(=O)(=O)N(C)Cc2ncn[nH]2)c1C. The fourth-order valence-electron chi connectivity index (χ4n) is 2.33. The molecule has 1 heterocycles. The number of aryl methyl sites for hydroxylation is 2. The van der Waals surface area contributed by atoms with Crippen molar-refractivity contribution in [2.45, 2.75) is 39.1 Å². The fourth-order valence-corrected chi connectivity index (χ4v) is 4.03. The average Bonchev–Trinajstić information content (AvgIpc) is 2.89. The van der Waals surface area contributed by atoms with Crippen molar-refractivity contribution < 1.29 is 8.42 Å². The highest BCUT2D eigenvalue weighted by molar-refractivity contribution is 7.89. The van der Waals surface area contributed by atoms with Crippen LogP contribution in [0.15, 0.2) is 17.3 Å². The summed E-state index contributed by atoms with van der Waals surface area (Å²) in [5, 5.41) is 6.41. The molecule has 1 aromatic carbocycles. The molecule has 1 aromatic heterocycles. The summed E-state index contributed by atoms with van der Waals surface area (Å²) < 4.78 is 27.0. The van der Waals surface area contributed by atoms with Crippen LogP contribution >= 0.6 is 0 Å². The third kappa shape index (κ3) is 2.84. The first kappa shape index (κ1) is 15.7. The predicted octanol–water partition coefficient (Wildman–Crippen LogP) is 1.86. The standard InChI is InChI=1S/C14H20N4O2S/c1-9-6-10(2)12(4)14(11(9)3)21(19,20)18(5)7-13-15-8-16-17-13/h6,8H,7H2,1-5H3,(H,15,16,17). The average molecular weight is 308 g/mol. The topological polar surface area (TPSA) is 79.0 Å². The minimum atomic E-state index is -3.58. The minimum absolute atomic E-state index is 0.161. The van der Waals surface area contributed by atoms with Crippen molar-refractivity contribution in [1.29, 1.82) is 0 Å². The van der Waals surface area contributed by atoms with Crippen molar-refractivity contribution >= 4 is 10.0 Å². The Balaban J connectivity index is 2.49. The summed E-state index contributed by atoms with van der Waals surface area (Å²) in [6, 6.07) is 2.01. The molecule has 0 radical (unpaired) electrons. The summed E-state index contributed by atoms with van der Waals surface area (Å²) in [7, 11) is -2.03. The van der Waals surface area contributed by atoms with E-state index in [9.17, 15) is 8.42 Å². The number of nitrogens with one attached hydrogen (secondary N) is 1. The number of benzene rings is 1. The zero-order chi connectivity index (χ0) is 15.8. The number of nitrogens with zero attached hydrogens (tertiary/aromatic N) is 3. The molecule has 0 bridgehead atoms. The second-order valence-electron chi connectivity index (χ2n) is 5.28. The van der Waals surface area contributed by atoms with Crippen LogP contribution in [0.25, 0.3) is 0 Å². The van der Waals surface area contributed by atoms with Gasteiger partial charge in [0.05, 0.1) is 11.4 Å². The Kier molecular flexibility index (Phi) is 4.15. The highest BCUT2D eigenvalue weighted by Gasteiger charge is 2.27. The largest absolute Gasteiger partial charge is 0.262 e. The van der Waals surface area contributed by atoms with Crippen LogP contribution in [0.1, 0.15) is 28.1 Å². The number of hydrogen-bond acceptors (Lipinski definition) is 4. The van der Waals surface area contributed by atoms with Gasteiger partial charge in [-0.2, -0.15) is 9.40 Å². The molecule has 0 amide bonds. The summed E-state index contributed by atoms with van der Waals surface area (Å²) in [5.74, 6) is 0.515. The summed E-state index contributed by atoms with van der Waals surface area (Å²) in [5.41, 5.74) is 3.54. The van der Waals surface area contributed by atoms with E-state index in [-0.39, 0.29) is 6.54 Å². The zero-order valence-corrected chi connectivity index (χ0v) is 13.7. The van der Waals surface area contributed by atoms with Gasteiger partial charge in [-0.3, -0.25) is 5.10 Å². The van der Waals surface area contributed by atoms with Gasteiger partial charge in [0.15, 0.2) is 0 Å². The van der Waals surface area contributed by atoms with Crippen LogP contribution in [0.4, 0.5) is 0 Å². The molecule has 0 aliphatic rings. The van der Waals surface area contributed by atoms with Gasteiger partial charge < -0.3 is 0 Å². The van der Waals surface area contributed by atoms with E-state index in [0.717, 1.165) is 22.3 Å². The molecule has 21 heavy (non-hydrogen) atoms. The van der Waals surface area contributed by atoms with Crippen LogP contribution in [0.2, 0.25) is 0 Å². The first-order chi connectivity index (χ1) is 9.75. The molecule has 1 N–H and O–H groups in total. The lowest BCUT2D eigenvalue weighted by Crippen LogP contribution is -2.28. The van der Waals surface area contributed by atoms with Gasteiger partial charge in [-0.25, -0.2) is 13.4 Å². The summed E-state index contributed by atoms with van der Waals surface area (Å²) in [4.78, 5) is 4.36. The van der Waals surface area contributed by atoms with Gasteiger partial charge in [-0.05, 0) is 49.9 Å². The van der Waals surface area contributed by atoms with E-state index in [1.807, 2.05) is 33.8 Å². The van der Waals surface area contributed by atoms with E-state index in [2.05, 4.69) is 15.2 Å². The predicted molar refractivity (Wildman–Crippen MR) is 80.4 cm³/mol. The summed E-state index contributed by atoms with van der Waals surface area (Å²) >= 11 is 0. The lowest BCUT2D eigenvalue weighted by atomic mass is 10.0. The van der Waals surface area contributed by atoms with E-state index in [1.165, 1.54) is 10.6 Å². The van der Waals surface area contributed by atoms with Gasteiger partial charge in [-0.1, -0.05) is 6.07 Å². The lowest BCUT2D eigenvalue weighted by molar-refractivity contribution is 0.456. The summed E-state index contributed by atoms with van der Waals surface area (Å²) in [6.07, 6.45) is 1.36. The first-order valence-electron chi connectivity index (χ1n) is 6.63. The Morgan fingerprint density at radius 1 is 1.14 bits per heavy atom. The van der Waals surface area contributed by atoms with E-state index < -0.39 is 10.0 Å². The molecular formula is C14H20N4O2S. The molecule has 0 spiro atoms. The maximum atomic E-state index is 12.9. The van der Waals surface area contributed by atoms with E-state index in [0.29, 0.717) is 10.7 Å². The normalized spacial score (nSPS) is 12.1. The number of rotatable bonds is 4. The summed E-state index contributed by atoms with van der Waals surface area (Å²) in [6.45, 7) is 7.70. The number of sulfonamides is 1. The Labute approximate surface area is 125 Å². The van der Waals surface area contributed by atoms with Crippen LogP contribution in [0.3, 0.4) is 0 Å². The smallest absolute Gasteiger partial charge is 0.243 e. The Morgan fingerprint density at radius 3 is 2.19 bits per heavy atom. The number of aromatic amines is 1. The van der Waals surface area contributed by atoms with Gasteiger partial charge in [0.1, 0.15) is 12.2 Å². The van der Waals surface area contributed by atoms with E-state index in [1.54, 1.807) is 7.05 Å². The molecule has 0 aliphatic carbocycles. The molecule has 0 aliphatic heterocycles. The van der Waals surface area contributed by atoms with Gasteiger partial charge in [0.25, 0.3) is 0 Å². The molecule has 7 heteroatoms. The van der Waals surface area contributed by atoms with Crippen LogP contribution in [-0.2, 0) is 16.6 Å². The van der Waals surface area contributed by atoms with Gasteiger partial charge in [0.2, 0.25) is 10.0 Å². The van der Waals surface area contributed by atoms with Crippen molar-refractivity contribution in [2.75, 3.05) is 7.05 Å². The second-order valence-corrected chi connectivity index (χ2v) is 7.26. The second kappa shape index (κ2) is 5.57. The Morgan fingerprint density at radius 2 is 1.71 bits per heavy atom. The Bertz CT molecular complexity index is 726. The molecule has 0 saturated heterocycles. The molecule has 0 unspecified atom stereocenters. The number of hydrogen-bond donors (Lipinski definition) is 1. The molecule has 2 aromatic rings. The van der Waals surface area contributed by atoms with Crippen LogP contribution in [0.5, 0.6) is 0 Å². The molecule has 0 saturated carbocycles. The van der Waals surface area contributed by atoms with Crippen LogP contribution in [0, 0.1) is 27.7 Å². The maximum absolute atomic E-state index is 12.9. The lowest BCUT2D eigenvalue weighted by Gasteiger charge is -2.21. The van der Waals surface area contributed by atoms with Gasteiger partial charge in [0, 0.05) is 7.05 Å². The van der Waals surface area contributed by atoms with Crippen molar-refractivity contribution in [3.8, 4) is 0 Å². The van der Waals surface area contributed by atoms with Crippen molar-refractivity contribution in [3.05, 3.63) is 40.5 Å². The van der Waals surface area contributed by atoms with Crippen LogP contribution < -0.4 is 0 Å². The fraction of sp³-hybridized carbons (Fsp3) is 0.429. The highest BCUT2D eigenvalue weighted by Crippen LogP contribution is 2.28. The minimum Gasteiger partial charge on any atom is -0.262 e. The van der Waals surface area contributed by atoms with Crippen molar-refractivity contribution in [1.82, 2.24) is 19.5 Å². The van der Waals surface area contributed by atoms with E-state index >= 15 is 0 Å². The van der Waals surface area contributed by atoms with Crippen molar-refractivity contribution in [3.63, 3.8) is 0 Å². The third-order valence-corrected chi connectivity index (χ3v) is 5.88. The van der Waals surface area contributed by atoms with Gasteiger partial charge in [-0.15, -0.1) is 0 Å². The molecule has 2 rings (SSSR count). The number of H-pyrrole nitrogens is 1.